The third-order valence-electron chi connectivity index (χ3n) is 4.04. The van der Waals surface area contributed by atoms with Gasteiger partial charge in [0.1, 0.15) is 5.82 Å². The smallest absolute Gasteiger partial charge is 0.251 e. The van der Waals surface area contributed by atoms with E-state index in [1.807, 2.05) is 37.3 Å². The standard InChI is InChI=1S/C18H16N4O2S/c1-10(17-21-12-4-2-3-5-13(12)22-17)19-18(24)11-6-7-15-14(8-11)20-16(23)9-25-15/h2-8,10H,9H2,1H3,(H,19,24)(H,20,23)(H,21,22)/t10-/m1/s1. The maximum absolute atomic E-state index is 12.5. The third kappa shape index (κ3) is 3.10. The van der Waals surface area contributed by atoms with Crippen molar-refractivity contribution in [2.24, 2.45) is 0 Å². The number of carbonyl (C=O) groups is 2. The Morgan fingerprint density at radius 1 is 1.28 bits per heavy atom. The van der Waals surface area contributed by atoms with Gasteiger partial charge in [0.2, 0.25) is 5.91 Å². The zero-order valence-corrected chi connectivity index (χ0v) is 14.3. The Morgan fingerprint density at radius 2 is 2.12 bits per heavy atom. The van der Waals surface area contributed by atoms with Crippen LogP contribution in [0.15, 0.2) is 47.4 Å². The summed E-state index contributed by atoms with van der Waals surface area (Å²) in [4.78, 5) is 32.8. The lowest BCUT2D eigenvalue weighted by atomic mass is 10.1. The van der Waals surface area contributed by atoms with Gasteiger partial charge < -0.3 is 15.6 Å². The molecule has 0 unspecified atom stereocenters. The highest BCUT2D eigenvalue weighted by atomic mass is 32.2. The first kappa shape index (κ1) is 15.7. The minimum atomic E-state index is -0.264. The average molecular weight is 352 g/mol. The number of carbonyl (C=O) groups excluding carboxylic acids is 2. The number of rotatable bonds is 3. The number of para-hydroxylation sites is 2. The summed E-state index contributed by atoms with van der Waals surface area (Å²) in [5, 5.41) is 5.74. The Bertz CT molecular complexity index is 949. The number of amides is 2. The van der Waals surface area contributed by atoms with Crippen LogP contribution in [-0.2, 0) is 4.79 Å². The number of hydrogen-bond acceptors (Lipinski definition) is 4. The number of nitrogens with one attached hydrogen (secondary N) is 3. The molecule has 25 heavy (non-hydrogen) atoms. The maximum atomic E-state index is 12.5. The maximum Gasteiger partial charge on any atom is 0.251 e. The van der Waals surface area contributed by atoms with Crippen molar-refractivity contribution >= 4 is 40.3 Å². The molecule has 2 aromatic carbocycles. The van der Waals surface area contributed by atoms with Crippen molar-refractivity contribution in [3.63, 3.8) is 0 Å². The van der Waals surface area contributed by atoms with E-state index in [9.17, 15) is 9.59 Å². The number of fused-ring (bicyclic) bond motifs is 2. The molecule has 1 atom stereocenters. The van der Waals surface area contributed by atoms with Gasteiger partial charge in [-0.1, -0.05) is 12.1 Å². The van der Waals surface area contributed by atoms with Crippen molar-refractivity contribution in [2.75, 3.05) is 11.1 Å². The zero-order chi connectivity index (χ0) is 17.4. The van der Waals surface area contributed by atoms with Crippen LogP contribution in [-0.4, -0.2) is 27.5 Å². The molecule has 0 fully saturated rings. The number of nitrogens with zero attached hydrogens (tertiary/aromatic N) is 1. The highest BCUT2D eigenvalue weighted by Gasteiger charge is 2.19. The molecule has 0 bridgehead atoms. The second kappa shape index (κ2) is 6.25. The van der Waals surface area contributed by atoms with E-state index in [1.165, 1.54) is 11.8 Å². The first-order chi connectivity index (χ1) is 12.1. The minimum Gasteiger partial charge on any atom is -0.342 e. The van der Waals surface area contributed by atoms with E-state index in [0.29, 0.717) is 22.8 Å². The first-order valence-electron chi connectivity index (χ1n) is 7.92. The Morgan fingerprint density at radius 3 is 2.96 bits per heavy atom. The lowest BCUT2D eigenvalue weighted by molar-refractivity contribution is -0.113. The fourth-order valence-electron chi connectivity index (χ4n) is 2.75. The minimum absolute atomic E-state index is 0.0503. The predicted octanol–water partition coefficient (Wildman–Crippen LogP) is 3.10. The molecule has 0 saturated heterocycles. The van der Waals surface area contributed by atoms with Gasteiger partial charge in [-0.3, -0.25) is 9.59 Å². The molecule has 3 N–H and O–H groups in total. The fraction of sp³-hybridized carbons (Fsp3) is 0.167. The molecule has 2 heterocycles. The van der Waals surface area contributed by atoms with Gasteiger partial charge >= 0.3 is 0 Å². The number of anilines is 1. The molecule has 1 aliphatic rings. The van der Waals surface area contributed by atoms with Crippen LogP contribution in [0.4, 0.5) is 5.69 Å². The number of imidazole rings is 1. The van der Waals surface area contributed by atoms with Crippen molar-refractivity contribution in [1.82, 2.24) is 15.3 Å². The van der Waals surface area contributed by atoms with Gasteiger partial charge in [-0.25, -0.2) is 4.98 Å². The largest absolute Gasteiger partial charge is 0.342 e. The Hall–Kier alpha value is -2.80. The van der Waals surface area contributed by atoms with Crippen molar-refractivity contribution in [1.29, 1.82) is 0 Å². The van der Waals surface area contributed by atoms with Crippen LogP contribution in [0.3, 0.4) is 0 Å². The zero-order valence-electron chi connectivity index (χ0n) is 13.5. The van der Waals surface area contributed by atoms with E-state index >= 15 is 0 Å². The highest BCUT2D eigenvalue weighted by Crippen LogP contribution is 2.32. The summed E-state index contributed by atoms with van der Waals surface area (Å²) in [6.45, 7) is 1.88. The lowest BCUT2D eigenvalue weighted by Crippen LogP contribution is -2.27. The Balaban J connectivity index is 1.53. The molecule has 2 amide bonds. The topological polar surface area (TPSA) is 86.9 Å². The lowest BCUT2D eigenvalue weighted by Gasteiger charge is -2.17. The van der Waals surface area contributed by atoms with E-state index in [1.54, 1.807) is 12.1 Å². The number of aromatic nitrogens is 2. The summed E-state index contributed by atoms with van der Waals surface area (Å²) in [7, 11) is 0. The van der Waals surface area contributed by atoms with Crippen LogP contribution in [0.25, 0.3) is 11.0 Å². The summed E-state index contributed by atoms with van der Waals surface area (Å²) in [5.74, 6) is 0.851. The van der Waals surface area contributed by atoms with Crippen molar-refractivity contribution < 1.29 is 9.59 Å². The monoisotopic (exact) mass is 352 g/mol. The van der Waals surface area contributed by atoms with Crippen molar-refractivity contribution in [3.8, 4) is 0 Å². The number of thioether (sulfide) groups is 1. The van der Waals surface area contributed by atoms with Crippen LogP contribution in [0.1, 0.15) is 29.1 Å². The summed E-state index contributed by atoms with van der Waals surface area (Å²) >= 11 is 1.47. The second-order valence-electron chi connectivity index (χ2n) is 5.88. The summed E-state index contributed by atoms with van der Waals surface area (Å²) in [5.41, 5.74) is 2.99. The molecule has 0 spiro atoms. The molecular weight excluding hydrogens is 336 g/mol. The van der Waals surface area contributed by atoms with Crippen molar-refractivity contribution in [3.05, 3.63) is 53.9 Å². The van der Waals surface area contributed by atoms with Gasteiger partial charge in [-0.15, -0.1) is 11.8 Å². The molecule has 7 heteroatoms. The van der Waals surface area contributed by atoms with Gasteiger partial charge in [0.15, 0.2) is 0 Å². The summed E-state index contributed by atoms with van der Waals surface area (Å²) < 4.78 is 0. The third-order valence-corrected chi connectivity index (χ3v) is 5.11. The van der Waals surface area contributed by atoms with Crippen LogP contribution >= 0.6 is 11.8 Å². The molecular formula is C18H16N4O2S. The fourth-order valence-corrected chi connectivity index (χ4v) is 3.54. The molecule has 3 aromatic rings. The summed E-state index contributed by atoms with van der Waals surface area (Å²) in [6.07, 6.45) is 0. The molecule has 126 valence electrons. The van der Waals surface area contributed by atoms with Crippen LogP contribution in [0.2, 0.25) is 0 Å². The number of aromatic amines is 1. The molecule has 0 saturated carbocycles. The highest BCUT2D eigenvalue weighted by molar-refractivity contribution is 8.00. The molecule has 0 radical (unpaired) electrons. The quantitative estimate of drug-likeness (QED) is 0.676. The van der Waals surface area contributed by atoms with E-state index in [0.717, 1.165) is 15.9 Å². The number of hydrogen-bond donors (Lipinski definition) is 3. The van der Waals surface area contributed by atoms with E-state index in [2.05, 4.69) is 20.6 Å². The second-order valence-corrected chi connectivity index (χ2v) is 6.90. The van der Waals surface area contributed by atoms with Gasteiger partial charge in [0, 0.05) is 10.5 Å². The van der Waals surface area contributed by atoms with Crippen molar-refractivity contribution in [2.45, 2.75) is 17.9 Å². The van der Waals surface area contributed by atoms with Gasteiger partial charge in [0.05, 0.1) is 28.5 Å². The number of H-pyrrole nitrogens is 1. The Labute approximate surface area is 148 Å². The molecule has 6 nitrogen and oxygen atoms in total. The van der Waals surface area contributed by atoms with Gasteiger partial charge in [-0.2, -0.15) is 0 Å². The molecule has 0 aliphatic carbocycles. The van der Waals surface area contributed by atoms with E-state index < -0.39 is 0 Å². The van der Waals surface area contributed by atoms with E-state index in [-0.39, 0.29) is 17.9 Å². The molecule has 1 aromatic heterocycles. The van der Waals surface area contributed by atoms with E-state index in [4.69, 9.17) is 0 Å². The van der Waals surface area contributed by atoms with Crippen LogP contribution in [0.5, 0.6) is 0 Å². The first-order valence-corrected chi connectivity index (χ1v) is 8.91. The molecule has 4 rings (SSSR count). The number of benzene rings is 2. The Kier molecular flexibility index (Phi) is 3.93. The van der Waals surface area contributed by atoms with Crippen LogP contribution in [0, 0.1) is 0 Å². The van der Waals surface area contributed by atoms with Crippen LogP contribution < -0.4 is 10.6 Å². The SMILES string of the molecule is C[C@@H](NC(=O)c1ccc2c(c1)NC(=O)CS2)c1nc2ccccc2[nH]1. The molecule has 1 aliphatic heterocycles. The predicted molar refractivity (Wildman–Crippen MR) is 97.8 cm³/mol. The normalized spacial score (nSPS) is 14.7. The van der Waals surface area contributed by atoms with Gasteiger partial charge in [-0.05, 0) is 37.3 Å². The summed E-state index contributed by atoms with van der Waals surface area (Å²) in [6, 6.07) is 12.8. The average Bonchev–Trinajstić information content (AvgIpc) is 3.05. The van der Waals surface area contributed by atoms with Gasteiger partial charge in [0.25, 0.3) is 5.91 Å².